The van der Waals surface area contributed by atoms with Gasteiger partial charge in [-0.15, -0.1) is 11.8 Å². The summed E-state index contributed by atoms with van der Waals surface area (Å²) in [7, 11) is 0. The molecule has 2 aromatic carbocycles. The van der Waals surface area contributed by atoms with Crippen molar-refractivity contribution in [2.24, 2.45) is 5.92 Å². The number of thioether (sulfide) groups is 1. The molecule has 4 fully saturated rings. The van der Waals surface area contributed by atoms with Crippen molar-refractivity contribution in [3.05, 3.63) is 88.5 Å². The highest BCUT2D eigenvalue weighted by Crippen LogP contribution is 2.45. The van der Waals surface area contributed by atoms with Crippen LogP contribution in [0.15, 0.2) is 59.8 Å². The molecule has 1 saturated carbocycles. The number of imide groups is 1. The summed E-state index contributed by atoms with van der Waals surface area (Å²) in [5, 5.41) is 5.15. The molecule has 5 aliphatic rings. The van der Waals surface area contributed by atoms with Crippen LogP contribution in [0.4, 0.5) is 10.1 Å². The number of carbonyl (C=O) groups excluding carboxylic acids is 5. The van der Waals surface area contributed by atoms with Crippen molar-refractivity contribution < 1.29 is 28.4 Å². The Morgan fingerprint density at radius 1 is 0.937 bits per heavy atom. The summed E-state index contributed by atoms with van der Waals surface area (Å²) in [6.07, 6.45) is 13.7. The molecule has 0 spiro atoms. The molecular formula is C48H59FN8O5S. The number of carbonyl (C=O) groups is 5. The fourth-order valence-electron chi connectivity index (χ4n) is 9.42. The maximum atomic E-state index is 14.4. The van der Waals surface area contributed by atoms with Crippen molar-refractivity contribution in [3.8, 4) is 0 Å². The first-order valence-electron chi connectivity index (χ1n) is 22.8. The van der Waals surface area contributed by atoms with Gasteiger partial charge >= 0.3 is 0 Å². The third-order valence-electron chi connectivity index (χ3n) is 13.2. The Balaban J connectivity index is 0.727. The van der Waals surface area contributed by atoms with Crippen LogP contribution in [-0.2, 0) is 20.9 Å². The Kier molecular flexibility index (Phi) is 14.5. The number of aryl methyl sites for hydroxylation is 1. The SMILES string of the molecule is Cc1cncc(/C(F)=C/C(=O)NCCCCC2CCN(C(=O)c3ccc(N4CCN(CCCCSc5cccc6c5CN(C5CCC(=O)NC5=O)C6=O)CC4)c(C4CC4)c3)CC2)n1. The Labute approximate surface area is 373 Å². The van der Waals surface area contributed by atoms with Crippen LogP contribution in [0.3, 0.4) is 0 Å². The highest BCUT2D eigenvalue weighted by molar-refractivity contribution is 7.99. The van der Waals surface area contributed by atoms with E-state index in [2.05, 4.69) is 48.6 Å². The lowest BCUT2D eigenvalue weighted by Crippen LogP contribution is -2.52. The van der Waals surface area contributed by atoms with Gasteiger partial charge in [-0.25, -0.2) is 9.37 Å². The quantitative estimate of drug-likeness (QED) is 0.0689. The minimum absolute atomic E-state index is 0.0519. The highest BCUT2D eigenvalue weighted by atomic mass is 32.2. The topological polar surface area (TPSA) is 148 Å². The number of anilines is 1. The molecule has 334 valence electrons. The second kappa shape index (κ2) is 20.6. The zero-order chi connectivity index (χ0) is 43.9. The van der Waals surface area contributed by atoms with E-state index in [1.54, 1.807) is 23.6 Å². The molecule has 0 radical (unpaired) electrons. The number of rotatable bonds is 17. The largest absolute Gasteiger partial charge is 0.369 e. The number of likely N-dealkylation sites (tertiary alicyclic amines) is 1. The number of nitrogens with zero attached hydrogens (tertiary/aromatic N) is 6. The van der Waals surface area contributed by atoms with Gasteiger partial charge in [-0.1, -0.05) is 18.9 Å². The minimum Gasteiger partial charge on any atom is -0.369 e. The average Bonchev–Trinajstić information content (AvgIpc) is 4.09. The first-order chi connectivity index (χ1) is 30.6. The van der Waals surface area contributed by atoms with E-state index < -0.39 is 17.8 Å². The van der Waals surface area contributed by atoms with E-state index in [0.717, 1.165) is 119 Å². The number of halogens is 1. The summed E-state index contributed by atoms with van der Waals surface area (Å²) in [4.78, 5) is 81.1. The number of piperazine rings is 1. The molecule has 63 heavy (non-hydrogen) atoms. The van der Waals surface area contributed by atoms with Crippen LogP contribution < -0.4 is 15.5 Å². The van der Waals surface area contributed by atoms with Crippen LogP contribution in [0.5, 0.6) is 0 Å². The minimum atomic E-state index is -0.700. The zero-order valence-corrected chi connectivity index (χ0v) is 37.1. The van der Waals surface area contributed by atoms with Gasteiger partial charge in [-0.2, -0.15) is 0 Å². The van der Waals surface area contributed by atoms with Gasteiger partial charge in [0.25, 0.3) is 11.8 Å². The summed E-state index contributed by atoms with van der Waals surface area (Å²) >= 11 is 1.78. The number of hydrogen-bond donors (Lipinski definition) is 2. The van der Waals surface area contributed by atoms with Crippen LogP contribution >= 0.6 is 11.8 Å². The molecule has 1 aliphatic carbocycles. The fourth-order valence-corrected chi connectivity index (χ4v) is 10.5. The molecule has 15 heteroatoms. The molecule has 8 rings (SSSR count). The van der Waals surface area contributed by atoms with Crippen molar-refractivity contribution >= 4 is 52.8 Å². The lowest BCUT2D eigenvalue weighted by Gasteiger charge is -2.37. The molecule has 13 nitrogen and oxygen atoms in total. The smallest absolute Gasteiger partial charge is 0.255 e. The van der Waals surface area contributed by atoms with Gasteiger partial charge in [0.15, 0.2) is 5.83 Å². The molecule has 1 aromatic heterocycles. The van der Waals surface area contributed by atoms with Gasteiger partial charge in [-0.05, 0) is 124 Å². The molecule has 2 N–H and O–H groups in total. The van der Waals surface area contributed by atoms with Crippen molar-refractivity contribution in [1.82, 2.24) is 35.3 Å². The van der Waals surface area contributed by atoms with Crippen molar-refractivity contribution in [2.75, 3.05) is 63.0 Å². The van der Waals surface area contributed by atoms with Crippen LogP contribution in [0.25, 0.3) is 5.83 Å². The monoisotopic (exact) mass is 878 g/mol. The Bertz CT molecular complexity index is 2220. The maximum absolute atomic E-state index is 14.4. The van der Waals surface area contributed by atoms with E-state index in [-0.39, 0.29) is 35.7 Å². The Hall–Kier alpha value is -5.15. The van der Waals surface area contributed by atoms with Gasteiger partial charge in [0.2, 0.25) is 17.7 Å². The molecule has 5 heterocycles. The third-order valence-corrected chi connectivity index (χ3v) is 14.4. The molecule has 3 saturated heterocycles. The molecule has 1 unspecified atom stereocenters. The molecule has 0 bridgehead atoms. The third kappa shape index (κ3) is 11.2. The summed E-state index contributed by atoms with van der Waals surface area (Å²) < 4.78 is 14.4. The van der Waals surface area contributed by atoms with E-state index >= 15 is 0 Å². The normalized spacial score (nSPS) is 20.0. The van der Waals surface area contributed by atoms with Crippen LogP contribution in [0, 0.1) is 12.8 Å². The van der Waals surface area contributed by atoms with Gasteiger partial charge in [-0.3, -0.25) is 39.2 Å². The second-order valence-electron chi connectivity index (χ2n) is 17.7. The molecule has 3 aromatic rings. The number of nitrogens with one attached hydrogen (secondary N) is 2. The van der Waals surface area contributed by atoms with E-state index in [4.69, 9.17) is 0 Å². The number of unbranched alkanes of at least 4 members (excludes halogenated alkanes) is 2. The Morgan fingerprint density at radius 3 is 2.51 bits per heavy atom. The Morgan fingerprint density at radius 2 is 1.75 bits per heavy atom. The predicted octanol–water partition coefficient (Wildman–Crippen LogP) is 6.27. The standard InChI is InChI=1S/C48H59FN8O5S/c1-32-29-50-30-40(52-32)39(49)28-45(59)51-18-3-2-7-33-16-20-56(21-17-33)47(61)35-12-13-41(37(27-35)34-10-11-34)55-24-22-54(23-25-55)19-4-5-26-63-43-9-6-8-36-38(43)31-57(48(36)62)42-14-15-44(58)53-46(42)60/h6,8-9,12-13,27-30,33-34,42H,2-5,7,10-11,14-26,31H2,1H3,(H,51,59)(H,53,58,60)/b39-28-. The molecular weight excluding hydrogens is 820 g/mol. The second-order valence-corrected chi connectivity index (χ2v) is 18.8. The van der Waals surface area contributed by atoms with Gasteiger partial charge in [0, 0.05) is 92.8 Å². The number of hydrogen-bond acceptors (Lipinski definition) is 10. The summed E-state index contributed by atoms with van der Waals surface area (Å²) in [6, 6.07) is 11.6. The van der Waals surface area contributed by atoms with Gasteiger partial charge < -0.3 is 20.0 Å². The van der Waals surface area contributed by atoms with Crippen LogP contribution in [-0.4, -0.2) is 118 Å². The molecule has 5 amide bonds. The van der Waals surface area contributed by atoms with Crippen LogP contribution in [0.1, 0.15) is 120 Å². The van der Waals surface area contributed by atoms with Gasteiger partial charge in [0.1, 0.15) is 11.7 Å². The van der Waals surface area contributed by atoms with E-state index in [1.807, 2.05) is 23.1 Å². The number of amides is 5. The van der Waals surface area contributed by atoms with Crippen molar-refractivity contribution in [2.45, 2.75) is 101 Å². The lowest BCUT2D eigenvalue weighted by atomic mass is 9.91. The number of piperidine rings is 2. The van der Waals surface area contributed by atoms with Gasteiger partial charge in [0.05, 0.1) is 11.9 Å². The lowest BCUT2D eigenvalue weighted by molar-refractivity contribution is -0.137. The van der Waals surface area contributed by atoms with E-state index in [0.29, 0.717) is 42.6 Å². The highest BCUT2D eigenvalue weighted by Gasteiger charge is 2.40. The first-order valence-corrected chi connectivity index (χ1v) is 23.8. The zero-order valence-electron chi connectivity index (χ0n) is 36.3. The van der Waals surface area contributed by atoms with Crippen molar-refractivity contribution in [3.63, 3.8) is 0 Å². The molecule has 1 atom stereocenters. The molecule has 4 aliphatic heterocycles. The number of fused-ring (bicyclic) bond motifs is 1. The summed E-state index contributed by atoms with van der Waals surface area (Å²) in [5.74, 6) is 0.195. The average molecular weight is 879 g/mol. The summed E-state index contributed by atoms with van der Waals surface area (Å²) in [5.41, 5.74) is 5.69. The number of benzene rings is 2. The maximum Gasteiger partial charge on any atom is 0.255 e. The first kappa shape index (κ1) is 44.5. The van der Waals surface area contributed by atoms with E-state index in [9.17, 15) is 28.4 Å². The summed E-state index contributed by atoms with van der Waals surface area (Å²) in [6.45, 7) is 9.12. The van der Waals surface area contributed by atoms with Crippen molar-refractivity contribution in [1.29, 1.82) is 0 Å². The van der Waals surface area contributed by atoms with E-state index in [1.165, 1.54) is 36.5 Å². The fraction of sp³-hybridized carbons (Fsp3) is 0.521. The predicted molar refractivity (Wildman–Crippen MR) is 241 cm³/mol. The number of aromatic nitrogens is 2. The van der Waals surface area contributed by atoms with Crippen LogP contribution in [0.2, 0.25) is 0 Å².